The number of hydrogen-bond acceptors (Lipinski definition) is 4. The second kappa shape index (κ2) is 8.85. The van der Waals surface area contributed by atoms with Gasteiger partial charge in [-0.3, -0.25) is 0 Å². The average molecular weight is 393 g/mol. The molecule has 0 saturated carbocycles. The van der Waals surface area contributed by atoms with Crippen LogP contribution in [-0.2, 0) is 22.1 Å². The second-order valence-electron chi connectivity index (χ2n) is 6.50. The number of sulfone groups is 1. The van der Waals surface area contributed by atoms with Crippen molar-refractivity contribution in [1.82, 2.24) is 0 Å². The molecule has 0 aliphatic carbocycles. The maximum absolute atomic E-state index is 13.5. The highest BCUT2D eigenvalue weighted by Crippen LogP contribution is 2.18. The zero-order valence-electron chi connectivity index (χ0n) is 15.6. The first-order valence-electron chi connectivity index (χ1n) is 8.41. The number of rotatable bonds is 7. The standard InChI is InChI=1S/C19H24FN3O3S/c1-13(2)26-18-8-6-17(7-9-18)23-19(21)22-11-15-10-16(20)5-4-14(15)12-27(3,24)25/h4-10,13H,11-12H2,1-3H3,(H3,21,22,23). The van der Waals surface area contributed by atoms with Crippen LogP contribution in [0.2, 0.25) is 0 Å². The van der Waals surface area contributed by atoms with Crippen LogP contribution in [0.3, 0.4) is 0 Å². The van der Waals surface area contributed by atoms with Gasteiger partial charge in [-0.05, 0) is 61.4 Å². The van der Waals surface area contributed by atoms with Crippen LogP contribution in [0.5, 0.6) is 5.75 Å². The summed E-state index contributed by atoms with van der Waals surface area (Å²) in [6, 6.07) is 11.2. The summed E-state index contributed by atoms with van der Waals surface area (Å²) in [4.78, 5) is 4.18. The number of nitrogens with one attached hydrogen (secondary N) is 1. The van der Waals surface area contributed by atoms with Gasteiger partial charge in [-0.15, -0.1) is 0 Å². The van der Waals surface area contributed by atoms with E-state index in [1.165, 1.54) is 18.2 Å². The normalized spacial score (nSPS) is 12.3. The van der Waals surface area contributed by atoms with Crippen molar-refractivity contribution in [2.45, 2.75) is 32.2 Å². The number of nitrogens with zero attached hydrogens (tertiary/aromatic N) is 1. The second-order valence-corrected chi connectivity index (χ2v) is 8.64. The van der Waals surface area contributed by atoms with Crippen molar-refractivity contribution >= 4 is 21.5 Å². The molecule has 0 fully saturated rings. The summed E-state index contributed by atoms with van der Waals surface area (Å²) in [7, 11) is -3.24. The molecule has 0 spiro atoms. The van der Waals surface area contributed by atoms with Gasteiger partial charge in [0.25, 0.3) is 0 Å². The topological polar surface area (TPSA) is 93.8 Å². The van der Waals surface area contributed by atoms with Gasteiger partial charge in [-0.2, -0.15) is 0 Å². The first-order valence-corrected chi connectivity index (χ1v) is 10.5. The van der Waals surface area contributed by atoms with Crippen molar-refractivity contribution in [2.24, 2.45) is 10.7 Å². The predicted molar refractivity (Wildman–Crippen MR) is 106 cm³/mol. The van der Waals surface area contributed by atoms with Crippen LogP contribution < -0.4 is 15.8 Å². The monoisotopic (exact) mass is 393 g/mol. The van der Waals surface area contributed by atoms with Crippen molar-refractivity contribution in [1.29, 1.82) is 0 Å². The molecular formula is C19H24FN3O3S. The molecule has 2 aromatic carbocycles. The van der Waals surface area contributed by atoms with Crippen LogP contribution in [0.1, 0.15) is 25.0 Å². The van der Waals surface area contributed by atoms with Crippen molar-refractivity contribution in [2.75, 3.05) is 11.6 Å². The molecule has 0 saturated heterocycles. The van der Waals surface area contributed by atoms with Crippen LogP contribution >= 0.6 is 0 Å². The third-order valence-electron chi connectivity index (χ3n) is 3.50. The van der Waals surface area contributed by atoms with Crippen molar-refractivity contribution in [3.63, 3.8) is 0 Å². The van der Waals surface area contributed by atoms with Crippen LogP contribution in [0.25, 0.3) is 0 Å². The summed E-state index contributed by atoms with van der Waals surface area (Å²) < 4.78 is 42.2. The fourth-order valence-electron chi connectivity index (χ4n) is 2.41. The lowest BCUT2D eigenvalue weighted by Crippen LogP contribution is -2.22. The largest absolute Gasteiger partial charge is 0.491 e. The number of hydrogen-bond donors (Lipinski definition) is 2. The van der Waals surface area contributed by atoms with E-state index in [0.717, 1.165) is 17.7 Å². The van der Waals surface area contributed by atoms with E-state index >= 15 is 0 Å². The Hall–Kier alpha value is -2.61. The van der Waals surface area contributed by atoms with Gasteiger partial charge in [0, 0.05) is 11.9 Å². The van der Waals surface area contributed by atoms with Gasteiger partial charge in [-0.1, -0.05) is 6.07 Å². The molecule has 0 radical (unpaired) electrons. The van der Waals surface area contributed by atoms with Gasteiger partial charge in [-0.25, -0.2) is 17.8 Å². The molecule has 0 bridgehead atoms. The van der Waals surface area contributed by atoms with E-state index in [4.69, 9.17) is 10.5 Å². The highest BCUT2D eigenvalue weighted by atomic mass is 32.2. The Morgan fingerprint density at radius 1 is 1.19 bits per heavy atom. The summed E-state index contributed by atoms with van der Waals surface area (Å²) in [5.74, 6) is 0.256. The van der Waals surface area contributed by atoms with Gasteiger partial charge < -0.3 is 15.8 Å². The molecule has 27 heavy (non-hydrogen) atoms. The van der Waals surface area contributed by atoms with E-state index in [1.54, 1.807) is 12.1 Å². The molecule has 8 heteroatoms. The summed E-state index contributed by atoms with van der Waals surface area (Å²) in [5.41, 5.74) is 7.59. The Balaban J connectivity index is 2.08. The lowest BCUT2D eigenvalue weighted by molar-refractivity contribution is 0.242. The molecule has 0 unspecified atom stereocenters. The van der Waals surface area contributed by atoms with Crippen molar-refractivity contribution in [3.8, 4) is 5.75 Å². The first kappa shape index (κ1) is 20.7. The Kier molecular flexibility index (Phi) is 6.79. The van der Waals surface area contributed by atoms with Crippen LogP contribution in [0.4, 0.5) is 10.1 Å². The summed E-state index contributed by atoms with van der Waals surface area (Å²) in [6.45, 7) is 3.96. The van der Waals surface area contributed by atoms with E-state index in [-0.39, 0.29) is 24.4 Å². The van der Waals surface area contributed by atoms with E-state index in [1.807, 2.05) is 26.0 Å². The maximum atomic E-state index is 13.5. The maximum Gasteiger partial charge on any atom is 0.193 e. The molecule has 3 N–H and O–H groups in total. The Morgan fingerprint density at radius 3 is 2.44 bits per heavy atom. The van der Waals surface area contributed by atoms with Crippen molar-refractivity contribution in [3.05, 3.63) is 59.4 Å². The van der Waals surface area contributed by atoms with Gasteiger partial charge in [0.15, 0.2) is 15.8 Å². The third-order valence-corrected chi connectivity index (χ3v) is 4.34. The van der Waals surface area contributed by atoms with Crippen LogP contribution in [0.15, 0.2) is 47.5 Å². The number of nitrogens with two attached hydrogens (primary N) is 1. The van der Waals surface area contributed by atoms with E-state index in [2.05, 4.69) is 10.3 Å². The molecule has 2 rings (SSSR count). The SMILES string of the molecule is CC(C)Oc1ccc(NC(N)=NCc2cc(F)ccc2CS(C)(=O)=O)cc1. The molecule has 0 amide bonds. The van der Waals surface area contributed by atoms with Gasteiger partial charge in [0.2, 0.25) is 0 Å². The molecule has 2 aromatic rings. The number of guanidine groups is 1. The first-order chi connectivity index (χ1) is 12.6. The minimum atomic E-state index is -3.24. The minimum absolute atomic E-state index is 0.0655. The minimum Gasteiger partial charge on any atom is -0.491 e. The quantitative estimate of drug-likeness (QED) is 0.557. The lowest BCUT2D eigenvalue weighted by atomic mass is 10.1. The van der Waals surface area contributed by atoms with E-state index in [9.17, 15) is 12.8 Å². The fraction of sp³-hybridized carbons (Fsp3) is 0.316. The van der Waals surface area contributed by atoms with Crippen LogP contribution in [0, 0.1) is 5.82 Å². The molecular weight excluding hydrogens is 369 g/mol. The van der Waals surface area contributed by atoms with E-state index < -0.39 is 15.7 Å². The molecule has 0 heterocycles. The van der Waals surface area contributed by atoms with Crippen LogP contribution in [-0.4, -0.2) is 26.7 Å². The molecule has 0 aliphatic heterocycles. The number of ether oxygens (including phenoxy) is 1. The number of benzene rings is 2. The zero-order valence-corrected chi connectivity index (χ0v) is 16.4. The molecule has 146 valence electrons. The highest BCUT2D eigenvalue weighted by Gasteiger charge is 2.10. The number of halogens is 1. The Bertz CT molecular complexity index is 910. The molecule has 0 atom stereocenters. The van der Waals surface area contributed by atoms with Crippen molar-refractivity contribution < 1.29 is 17.5 Å². The third kappa shape index (κ3) is 7.26. The number of anilines is 1. The average Bonchev–Trinajstić information content (AvgIpc) is 2.55. The number of aliphatic imine (C=N–C) groups is 1. The molecule has 0 aliphatic rings. The highest BCUT2D eigenvalue weighted by molar-refractivity contribution is 7.89. The van der Waals surface area contributed by atoms with Gasteiger partial charge in [0.1, 0.15) is 11.6 Å². The summed E-state index contributed by atoms with van der Waals surface area (Å²) >= 11 is 0. The van der Waals surface area contributed by atoms with Gasteiger partial charge in [0.05, 0.1) is 18.4 Å². The molecule has 0 aromatic heterocycles. The Morgan fingerprint density at radius 2 is 1.85 bits per heavy atom. The van der Waals surface area contributed by atoms with Gasteiger partial charge >= 0.3 is 0 Å². The Labute approximate surface area is 159 Å². The molecule has 6 nitrogen and oxygen atoms in total. The van der Waals surface area contributed by atoms with E-state index in [0.29, 0.717) is 11.1 Å². The predicted octanol–water partition coefficient (Wildman–Crippen LogP) is 3.08. The summed E-state index contributed by atoms with van der Waals surface area (Å²) in [6.07, 6.45) is 1.22. The zero-order chi connectivity index (χ0) is 20.0. The smallest absolute Gasteiger partial charge is 0.193 e. The summed E-state index contributed by atoms with van der Waals surface area (Å²) in [5, 5.41) is 2.94. The fourth-order valence-corrected chi connectivity index (χ4v) is 3.26. The lowest BCUT2D eigenvalue weighted by Gasteiger charge is -2.11.